The standard InChI is InChI=1S/C16H20N4O4S/c1-16(2,3)20(24)7-13-17-10-5-4-9(6-11(10)18-13)14(21)19-12(8-25)15(22)23/h4-7,12-13,25H,8H2,1-3H3,(H,19,21)(H,22,23)/b20-7+. The van der Waals surface area contributed by atoms with Crippen LogP contribution in [0.5, 0.6) is 0 Å². The number of carboxylic acids is 1. The molecule has 2 rings (SSSR count). The Kier molecular flexibility index (Phi) is 5.46. The van der Waals surface area contributed by atoms with Crippen LogP contribution in [-0.4, -0.2) is 51.4 Å². The van der Waals surface area contributed by atoms with E-state index in [1.54, 1.807) is 26.8 Å². The number of carboxylic acid groups (broad SMARTS) is 1. The van der Waals surface area contributed by atoms with Gasteiger partial charge in [-0.15, -0.1) is 0 Å². The summed E-state index contributed by atoms with van der Waals surface area (Å²) in [5.74, 6) is -1.71. The highest BCUT2D eigenvalue weighted by molar-refractivity contribution is 7.80. The summed E-state index contributed by atoms with van der Waals surface area (Å²) in [7, 11) is 0. The van der Waals surface area contributed by atoms with Gasteiger partial charge in [0.2, 0.25) is 6.17 Å². The fourth-order valence-electron chi connectivity index (χ4n) is 2.03. The third kappa shape index (κ3) is 4.56. The molecule has 1 aromatic carbocycles. The van der Waals surface area contributed by atoms with Gasteiger partial charge in [-0.2, -0.15) is 12.6 Å². The molecule has 134 valence electrons. The number of benzene rings is 1. The molecule has 9 heteroatoms. The number of nitrogens with one attached hydrogen (secondary N) is 1. The van der Waals surface area contributed by atoms with Crippen LogP contribution in [0, 0.1) is 5.21 Å². The first kappa shape index (κ1) is 18.9. The summed E-state index contributed by atoms with van der Waals surface area (Å²) in [5.41, 5.74) is -0.329. The number of hydrogen-bond donors (Lipinski definition) is 3. The van der Waals surface area contributed by atoms with Gasteiger partial charge in [0.1, 0.15) is 6.04 Å². The summed E-state index contributed by atoms with van der Waals surface area (Å²) < 4.78 is 0.800. The Balaban J connectivity index is 2.25. The third-order valence-corrected chi connectivity index (χ3v) is 3.86. The largest absolute Gasteiger partial charge is 0.624 e. The van der Waals surface area contributed by atoms with E-state index >= 15 is 0 Å². The minimum absolute atomic E-state index is 0.0190. The molecular formula is C16H20N4O4S. The minimum atomic E-state index is -1.16. The molecule has 25 heavy (non-hydrogen) atoms. The van der Waals surface area contributed by atoms with Crippen molar-refractivity contribution < 1.29 is 19.4 Å². The highest BCUT2D eigenvalue weighted by Crippen LogP contribution is 2.06. The summed E-state index contributed by atoms with van der Waals surface area (Å²) >= 11 is 3.91. The first-order chi connectivity index (χ1) is 11.6. The Bertz CT molecular complexity index is 845. The molecule has 0 saturated heterocycles. The topological polar surface area (TPSA) is 117 Å². The lowest BCUT2D eigenvalue weighted by Gasteiger charge is -2.18. The van der Waals surface area contributed by atoms with Crippen LogP contribution in [0.15, 0.2) is 28.2 Å². The smallest absolute Gasteiger partial charge is 0.327 e. The van der Waals surface area contributed by atoms with Crippen molar-refractivity contribution in [3.05, 3.63) is 39.7 Å². The number of hydrogen-bond acceptors (Lipinski definition) is 6. The number of nitrogens with zero attached hydrogens (tertiary/aromatic N) is 3. The van der Waals surface area contributed by atoms with Crippen LogP contribution >= 0.6 is 12.6 Å². The number of rotatable bonds is 5. The van der Waals surface area contributed by atoms with Gasteiger partial charge in [0.05, 0.1) is 10.7 Å². The second-order valence-corrected chi connectivity index (χ2v) is 6.93. The van der Waals surface area contributed by atoms with Crippen molar-refractivity contribution in [2.75, 3.05) is 5.75 Å². The Morgan fingerprint density at radius 2 is 2.04 bits per heavy atom. The van der Waals surface area contributed by atoms with Crippen LogP contribution in [0.4, 0.5) is 0 Å². The monoisotopic (exact) mass is 364 g/mol. The SMILES string of the molecule is CC(C)(C)/[N+]([O-])=C\C1N=c2ccc(C(=O)NC(CS)C(=O)O)cc2=N1. The van der Waals surface area contributed by atoms with Gasteiger partial charge < -0.3 is 15.6 Å². The molecule has 0 aromatic heterocycles. The predicted octanol–water partition coefficient (Wildman–Crippen LogP) is -0.242. The summed E-state index contributed by atoms with van der Waals surface area (Å²) in [6.45, 7) is 5.34. The Morgan fingerprint density at radius 3 is 2.60 bits per heavy atom. The number of hydroxylamine groups is 1. The maximum atomic E-state index is 12.2. The summed E-state index contributed by atoms with van der Waals surface area (Å²) in [6, 6.07) is 3.59. The lowest BCUT2D eigenvalue weighted by molar-refractivity contribution is -0.532. The molecule has 1 heterocycles. The van der Waals surface area contributed by atoms with E-state index in [2.05, 4.69) is 27.9 Å². The van der Waals surface area contributed by atoms with E-state index in [4.69, 9.17) is 5.11 Å². The Morgan fingerprint density at radius 1 is 1.40 bits per heavy atom. The van der Waals surface area contributed by atoms with Crippen LogP contribution in [0.3, 0.4) is 0 Å². The highest BCUT2D eigenvalue weighted by Gasteiger charge is 2.22. The van der Waals surface area contributed by atoms with E-state index < -0.39 is 29.6 Å². The number of amides is 1. The van der Waals surface area contributed by atoms with Gasteiger partial charge in [-0.05, 0) is 18.2 Å². The van der Waals surface area contributed by atoms with E-state index in [-0.39, 0.29) is 11.3 Å². The van der Waals surface area contributed by atoms with Crippen molar-refractivity contribution in [2.45, 2.75) is 38.5 Å². The Labute approximate surface area is 150 Å². The van der Waals surface area contributed by atoms with E-state index in [9.17, 15) is 14.8 Å². The maximum absolute atomic E-state index is 12.2. The van der Waals surface area contributed by atoms with Crippen molar-refractivity contribution in [3.63, 3.8) is 0 Å². The van der Waals surface area contributed by atoms with Crippen LogP contribution in [-0.2, 0) is 4.79 Å². The summed E-state index contributed by atoms with van der Waals surface area (Å²) in [5, 5.41) is 24.4. The van der Waals surface area contributed by atoms with Gasteiger partial charge in [-0.25, -0.2) is 19.5 Å². The van der Waals surface area contributed by atoms with Gasteiger partial charge in [0, 0.05) is 32.1 Å². The summed E-state index contributed by atoms with van der Waals surface area (Å²) in [6.07, 6.45) is 0.732. The molecule has 0 spiro atoms. The van der Waals surface area contributed by atoms with Crippen LogP contribution in [0.25, 0.3) is 0 Å². The van der Waals surface area contributed by atoms with E-state index in [0.29, 0.717) is 10.7 Å². The van der Waals surface area contributed by atoms with Gasteiger partial charge in [-0.1, -0.05) is 0 Å². The summed E-state index contributed by atoms with van der Waals surface area (Å²) in [4.78, 5) is 31.8. The van der Waals surface area contributed by atoms with Crippen LogP contribution in [0.1, 0.15) is 31.1 Å². The average Bonchev–Trinajstić information content (AvgIpc) is 2.92. The van der Waals surface area contributed by atoms with Crippen LogP contribution < -0.4 is 16.0 Å². The van der Waals surface area contributed by atoms with Crippen molar-refractivity contribution >= 4 is 30.7 Å². The van der Waals surface area contributed by atoms with E-state index in [1.165, 1.54) is 18.3 Å². The number of carbonyl (C=O) groups excluding carboxylic acids is 1. The Hall–Kier alpha value is -2.42. The molecule has 1 aliphatic heterocycles. The molecule has 2 N–H and O–H groups in total. The maximum Gasteiger partial charge on any atom is 0.327 e. The lowest BCUT2D eigenvalue weighted by atomic mass is 10.1. The molecule has 0 aliphatic carbocycles. The first-order valence-electron chi connectivity index (χ1n) is 7.63. The zero-order valence-electron chi connectivity index (χ0n) is 14.1. The number of aliphatic carboxylic acids is 1. The first-order valence-corrected chi connectivity index (χ1v) is 8.27. The van der Waals surface area contributed by atoms with Crippen molar-refractivity contribution in [2.24, 2.45) is 9.98 Å². The van der Waals surface area contributed by atoms with Crippen molar-refractivity contribution in [1.29, 1.82) is 0 Å². The second-order valence-electron chi connectivity index (χ2n) is 6.57. The fraction of sp³-hybridized carbons (Fsp3) is 0.438. The zero-order valence-corrected chi connectivity index (χ0v) is 15.0. The van der Waals surface area contributed by atoms with Crippen molar-refractivity contribution in [1.82, 2.24) is 5.32 Å². The highest BCUT2D eigenvalue weighted by atomic mass is 32.1. The van der Waals surface area contributed by atoms with Gasteiger partial charge in [0.15, 0.2) is 11.8 Å². The molecule has 0 bridgehead atoms. The van der Waals surface area contributed by atoms with Gasteiger partial charge in [0.25, 0.3) is 5.91 Å². The zero-order chi connectivity index (χ0) is 18.8. The predicted molar refractivity (Wildman–Crippen MR) is 94.7 cm³/mol. The lowest BCUT2D eigenvalue weighted by Crippen LogP contribution is -2.42. The molecule has 1 aromatic rings. The molecule has 2 unspecified atom stereocenters. The second kappa shape index (κ2) is 7.22. The number of carbonyl (C=O) groups is 2. The van der Waals surface area contributed by atoms with E-state index in [0.717, 1.165) is 4.74 Å². The molecule has 1 amide bonds. The minimum Gasteiger partial charge on any atom is -0.624 e. The van der Waals surface area contributed by atoms with E-state index in [1.807, 2.05) is 0 Å². The average molecular weight is 364 g/mol. The molecule has 8 nitrogen and oxygen atoms in total. The molecule has 0 saturated carbocycles. The van der Waals surface area contributed by atoms with Gasteiger partial charge >= 0.3 is 5.97 Å². The fourth-order valence-corrected chi connectivity index (χ4v) is 2.28. The van der Waals surface area contributed by atoms with Crippen molar-refractivity contribution in [3.8, 4) is 0 Å². The molecular weight excluding hydrogens is 344 g/mol. The number of thiol groups is 1. The normalized spacial score (nSPS) is 17.9. The molecule has 2 atom stereocenters. The molecule has 0 radical (unpaired) electrons. The van der Waals surface area contributed by atoms with Crippen LogP contribution in [0.2, 0.25) is 0 Å². The third-order valence-electron chi connectivity index (χ3n) is 3.50. The van der Waals surface area contributed by atoms with Gasteiger partial charge in [-0.3, -0.25) is 4.79 Å². The molecule has 0 fully saturated rings. The number of fused-ring (bicyclic) bond motifs is 1. The molecule has 1 aliphatic rings. The quantitative estimate of drug-likeness (QED) is 0.220.